The summed E-state index contributed by atoms with van der Waals surface area (Å²) in [4.78, 5) is 36.8. The van der Waals surface area contributed by atoms with E-state index in [2.05, 4.69) is 4.98 Å². The molecule has 1 saturated heterocycles. The Hall–Kier alpha value is -3.09. The van der Waals surface area contributed by atoms with Crippen LogP contribution in [0.25, 0.3) is 0 Å². The summed E-state index contributed by atoms with van der Waals surface area (Å²) >= 11 is 0. The van der Waals surface area contributed by atoms with Crippen LogP contribution in [0, 0.1) is 0 Å². The number of aromatic amines is 1. The molecule has 0 aliphatic carbocycles. The Morgan fingerprint density at radius 2 is 1.92 bits per heavy atom. The van der Waals surface area contributed by atoms with Gasteiger partial charge in [-0.1, -0.05) is 19.9 Å². The van der Waals surface area contributed by atoms with Gasteiger partial charge in [0.25, 0.3) is 0 Å². The van der Waals surface area contributed by atoms with Crippen LogP contribution < -0.4 is 10.6 Å². The van der Waals surface area contributed by atoms with Crippen molar-refractivity contribution in [1.29, 1.82) is 0 Å². The first-order valence-corrected chi connectivity index (χ1v) is 8.05. The van der Waals surface area contributed by atoms with E-state index >= 15 is 0 Å². The van der Waals surface area contributed by atoms with Gasteiger partial charge in [0.2, 0.25) is 11.8 Å². The number of H-pyrrole nitrogens is 1. The van der Waals surface area contributed by atoms with Crippen molar-refractivity contribution in [3.63, 3.8) is 0 Å². The van der Waals surface area contributed by atoms with Crippen LogP contribution in [0.2, 0.25) is 0 Å². The van der Waals surface area contributed by atoms with Crippen LogP contribution >= 0.6 is 0 Å². The Morgan fingerprint density at radius 3 is 2.36 bits per heavy atom. The Kier molecular flexibility index (Phi) is 7.92. The lowest BCUT2D eigenvalue weighted by Gasteiger charge is -2.15. The van der Waals surface area contributed by atoms with Gasteiger partial charge in [0.1, 0.15) is 0 Å². The number of anilines is 1. The average molecular weight is 345 g/mol. The van der Waals surface area contributed by atoms with Gasteiger partial charge in [-0.25, -0.2) is 4.79 Å². The number of primary amides is 1. The fourth-order valence-corrected chi connectivity index (χ4v) is 2.21. The minimum atomic E-state index is -0.969. The van der Waals surface area contributed by atoms with Crippen molar-refractivity contribution in [2.24, 2.45) is 5.73 Å². The number of carbonyl (C=O) groups excluding carboxylic acids is 2. The maximum atomic E-state index is 11.4. The number of hydrogen-bond donors (Lipinski definition) is 3. The predicted molar refractivity (Wildman–Crippen MR) is 95.6 cm³/mol. The molecule has 1 aromatic heterocycles. The molecule has 4 N–H and O–H groups in total. The molecule has 0 spiro atoms. The van der Waals surface area contributed by atoms with Gasteiger partial charge < -0.3 is 20.7 Å². The first-order chi connectivity index (χ1) is 12.0. The summed E-state index contributed by atoms with van der Waals surface area (Å²) in [5.41, 5.74) is 6.31. The molecular weight excluding hydrogens is 322 g/mol. The van der Waals surface area contributed by atoms with E-state index in [4.69, 9.17) is 10.8 Å². The molecule has 2 heterocycles. The van der Waals surface area contributed by atoms with Gasteiger partial charge in [-0.2, -0.15) is 0 Å². The highest BCUT2D eigenvalue weighted by Crippen LogP contribution is 2.22. The van der Waals surface area contributed by atoms with Gasteiger partial charge in [-0.3, -0.25) is 9.59 Å². The van der Waals surface area contributed by atoms with Gasteiger partial charge in [0.15, 0.2) is 0 Å². The second-order valence-electron chi connectivity index (χ2n) is 4.97. The van der Waals surface area contributed by atoms with Gasteiger partial charge >= 0.3 is 5.97 Å². The van der Waals surface area contributed by atoms with E-state index in [1.54, 1.807) is 35.5 Å². The largest absolute Gasteiger partial charge is 0.478 e. The summed E-state index contributed by atoms with van der Waals surface area (Å²) in [7, 11) is 0. The summed E-state index contributed by atoms with van der Waals surface area (Å²) in [5, 5.41) is 8.81. The molecule has 1 aliphatic rings. The molecule has 3 rings (SSSR count). The van der Waals surface area contributed by atoms with Crippen LogP contribution in [0.5, 0.6) is 0 Å². The second-order valence-corrected chi connectivity index (χ2v) is 4.97. The third kappa shape index (κ3) is 5.80. The maximum Gasteiger partial charge on any atom is 0.335 e. The van der Waals surface area contributed by atoms with E-state index in [9.17, 15) is 14.4 Å². The number of carboxylic acids is 1. The third-order valence-electron chi connectivity index (χ3n) is 3.36. The third-order valence-corrected chi connectivity index (χ3v) is 3.36. The molecule has 0 bridgehead atoms. The van der Waals surface area contributed by atoms with E-state index in [0.29, 0.717) is 24.2 Å². The molecule has 7 heteroatoms. The molecule has 1 fully saturated rings. The first-order valence-electron chi connectivity index (χ1n) is 8.05. The van der Waals surface area contributed by atoms with Crippen molar-refractivity contribution in [1.82, 2.24) is 4.98 Å². The van der Waals surface area contributed by atoms with Crippen molar-refractivity contribution < 1.29 is 19.5 Å². The number of carboxylic acid groups (broad SMARTS) is 1. The fourth-order valence-electron chi connectivity index (χ4n) is 2.21. The molecule has 0 unspecified atom stereocenters. The summed E-state index contributed by atoms with van der Waals surface area (Å²) in [6, 6.07) is 8.10. The van der Waals surface area contributed by atoms with Gasteiger partial charge in [-0.15, -0.1) is 0 Å². The Morgan fingerprint density at radius 1 is 1.20 bits per heavy atom. The molecular formula is C18H23N3O4. The van der Waals surface area contributed by atoms with Gasteiger partial charge in [0, 0.05) is 31.0 Å². The summed E-state index contributed by atoms with van der Waals surface area (Å²) < 4.78 is 0. The van der Waals surface area contributed by atoms with Crippen LogP contribution in [-0.2, 0) is 4.79 Å². The number of aromatic carboxylic acids is 1. The minimum Gasteiger partial charge on any atom is -0.478 e. The lowest BCUT2D eigenvalue weighted by molar-refractivity contribution is -0.117. The van der Waals surface area contributed by atoms with Crippen molar-refractivity contribution >= 4 is 23.5 Å². The number of aromatic nitrogens is 1. The highest BCUT2D eigenvalue weighted by molar-refractivity contribution is 5.97. The Labute approximate surface area is 146 Å². The zero-order chi connectivity index (χ0) is 18.8. The second kappa shape index (κ2) is 9.92. The van der Waals surface area contributed by atoms with Crippen LogP contribution in [-0.4, -0.2) is 34.4 Å². The van der Waals surface area contributed by atoms with Gasteiger partial charge in [0.05, 0.1) is 11.1 Å². The van der Waals surface area contributed by atoms with Crippen LogP contribution in [0.15, 0.2) is 42.7 Å². The number of hydrogen-bond acceptors (Lipinski definition) is 3. The maximum absolute atomic E-state index is 11.4. The lowest BCUT2D eigenvalue weighted by Crippen LogP contribution is -2.23. The van der Waals surface area contributed by atoms with Crippen LogP contribution in [0.3, 0.4) is 0 Å². The SMILES string of the molecule is CC.NC(=O)c1cc[nH]c1.O=C(O)c1cccc(N2CCCC2=O)c1. The molecule has 2 amide bonds. The Bertz CT molecular complexity index is 711. The molecule has 7 nitrogen and oxygen atoms in total. The van der Waals surface area contributed by atoms with Crippen LogP contribution in [0.4, 0.5) is 5.69 Å². The fraction of sp³-hybridized carbons (Fsp3) is 0.278. The van der Waals surface area contributed by atoms with E-state index in [1.165, 1.54) is 12.1 Å². The minimum absolute atomic E-state index is 0.0672. The van der Waals surface area contributed by atoms with E-state index in [1.807, 2.05) is 13.8 Å². The monoisotopic (exact) mass is 345 g/mol. The van der Waals surface area contributed by atoms with E-state index in [0.717, 1.165) is 6.42 Å². The Balaban J connectivity index is 0.000000264. The van der Waals surface area contributed by atoms with Gasteiger partial charge in [-0.05, 0) is 30.7 Å². The number of benzene rings is 1. The molecule has 0 saturated carbocycles. The highest BCUT2D eigenvalue weighted by Gasteiger charge is 2.22. The molecule has 0 radical (unpaired) electrons. The first kappa shape index (κ1) is 20.0. The lowest BCUT2D eigenvalue weighted by atomic mass is 10.2. The zero-order valence-electron chi connectivity index (χ0n) is 14.4. The quantitative estimate of drug-likeness (QED) is 0.792. The van der Waals surface area contributed by atoms with E-state index in [-0.39, 0.29) is 11.5 Å². The number of nitrogens with zero attached hydrogens (tertiary/aromatic N) is 1. The van der Waals surface area contributed by atoms with Crippen molar-refractivity contribution in [3.05, 3.63) is 53.9 Å². The molecule has 1 aliphatic heterocycles. The number of nitrogens with one attached hydrogen (secondary N) is 1. The highest BCUT2D eigenvalue weighted by atomic mass is 16.4. The van der Waals surface area contributed by atoms with Crippen molar-refractivity contribution in [3.8, 4) is 0 Å². The smallest absolute Gasteiger partial charge is 0.335 e. The topological polar surface area (TPSA) is 116 Å². The molecule has 25 heavy (non-hydrogen) atoms. The van der Waals surface area contributed by atoms with Crippen molar-refractivity contribution in [2.75, 3.05) is 11.4 Å². The molecule has 134 valence electrons. The number of amides is 2. The van der Waals surface area contributed by atoms with Crippen molar-refractivity contribution in [2.45, 2.75) is 26.7 Å². The van der Waals surface area contributed by atoms with Crippen LogP contribution in [0.1, 0.15) is 47.4 Å². The molecule has 1 aromatic carbocycles. The molecule has 0 atom stereocenters. The number of rotatable bonds is 3. The summed E-state index contributed by atoms with van der Waals surface area (Å²) in [6.07, 6.45) is 4.61. The number of carbonyl (C=O) groups is 3. The van der Waals surface area contributed by atoms with E-state index < -0.39 is 11.9 Å². The normalized spacial score (nSPS) is 12.6. The standard InChI is InChI=1S/C11H11NO3.C5H6N2O.C2H6/c13-10-5-2-6-12(10)9-4-1-3-8(7-9)11(14)15;6-5(8)4-1-2-7-3-4;1-2/h1,3-4,7H,2,5-6H2,(H,14,15);1-3,7H,(H2,6,8);1-2H3. The zero-order valence-corrected chi connectivity index (χ0v) is 14.4. The summed E-state index contributed by atoms with van der Waals surface area (Å²) in [5.74, 6) is -1.30. The average Bonchev–Trinajstić information content (AvgIpc) is 3.29. The number of nitrogens with two attached hydrogens (primary N) is 1. The predicted octanol–water partition coefficient (Wildman–Crippen LogP) is 2.65. The summed E-state index contributed by atoms with van der Waals surface area (Å²) in [6.45, 7) is 4.68. The molecule has 2 aromatic rings.